The van der Waals surface area contributed by atoms with E-state index in [1.807, 2.05) is 56.3 Å². The van der Waals surface area contributed by atoms with Crippen molar-refractivity contribution in [3.63, 3.8) is 0 Å². The van der Waals surface area contributed by atoms with E-state index in [1.54, 1.807) is 11.3 Å². The predicted molar refractivity (Wildman–Crippen MR) is 138 cm³/mol. The molecule has 0 saturated heterocycles. The molecule has 172 valence electrons. The van der Waals surface area contributed by atoms with Gasteiger partial charge in [-0.15, -0.1) is 11.3 Å². The monoisotopic (exact) mass is 526 g/mol. The molecule has 2 aromatic carbocycles. The molecule has 33 heavy (non-hydrogen) atoms. The number of carbonyl (C=O) groups is 1. The van der Waals surface area contributed by atoms with Crippen LogP contribution in [0.2, 0.25) is 0 Å². The number of rotatable bonds is 10. The van der Waals surface area contributed by atoms with Crippen LogP contribution in [0.25, 0.3) is 10.2 Å². The van der Waals surface area contributed by atoms with Crippen LogP contribution in [0.15, 0.2) is 64.5 Å². The van der Waals surface area contributed by atoms with Gasteiger partial charge in [0.25, 0.3) is 5.91 Å². The summed E-state index contributed by atoms with van der Waals surface area (Å²) in [6.07, 6.45) is 0.706. The summed E-state index contributed by atoms with van der Waals surface area (Å²) in [5, 5.41) is 3.09. The van der Waals surface area contributed by atoms with Gasteiger partial charge in [-0.3, -0.25) is 4.79 Å². The maximum atomic E-state index is 13.1. The zero-order chi connectivity index (χ0) is 23.2. The first-order valence-corrected chi connectivity index (χ1v) is 12.7. The molecule has 4 rings (SSSR count). The number of ether oxygens (including phenoxy) is 2. The third-order valence-corrected chi connectivity index (χ3v) is 6.86. The fraction of sp³-hybridized carbons (Fsp3) is 0.269. The fourth-order valence-electron chi connectivity index (χ4n) is 3.80. The Kier molecular flexibility index (Phi) is 7.73. The highest BCUT2D eigenvalue weighted by molar-refractivity contribution is 9.11. The van der Waals surface area contributed by atoms with Crippen LogP contribution in [0.1, 0.15) is 35.5 Å². The summed E-state index contributed by atoms with van der Waals surface area (Å²) in [6, 6.07) is 20.2. The van der Waals surface area contributed by atoms with E-state index in [0.717, 1.165) is 36.6 Å². The van der Waals surface area contributed by atoms with Gasteiger partial charge in [0, 0.05) is 13.1 Å². The molecule has 0 aliphatic rings. The maximum absolute atomic E-state index is 13.1. The first-order chi connectivity index (χ1) is 16.1. The summed E-state index contributed by atoms with van der Waals surface area (Å²) in [5.41, 5.74) is 3.99. The van der Waals surface area contributed by atoms with Crippen LogP contribution in [0.4, 0.5) is 0 Å². The van der Waals surface area contributed by atoms with Gasteiger partial charge in [0.15, 0.2) is 11.5 Å². The molecule has 0 bridgehead atoms. The number of fused-ring (bicyclic) bond motifs is 1. The minimum absolute atomic E-state index is 0.0681. The van der Waals surface area contributed by atoms with Crippen molar-refractivity contribution in [2.45, 2.75) is 26.8 Å². The number of thiophene rings is 1. The summed E-state index contributed by atoms with van der Waals surface area (Å²) >= 11 is 5.21. The Morgan fingerprint density at radius 2 is 1.73 bits per heavy atom. The molecule has 0 fully saturated rings. The number of nitrogens with zero attached hydrogens (tertiary/aromatic N) is 1. The largest absolute Gasteiger partial charge is 0.490 e. The molecule has 0 radical (unpaired) electrons. The summed E-state index contributed by atoms with van der Waals surface area (Å²) in [5.74, 6) is 1.42. The topological polar surface area (TPSA) is 52.5 Å². The second-order valence-electron chi connectivity index (χ2n) is 7.55. The maximum Gasteiger partial charge on any atom is 0.267 e. The lowest BCUT2D eigenvalue weighted by Gasteiger charge is -2.13. The van der Waals surface area contributed by atoms with E-state index < -0.39 is 0 Å². The van der Waals surface area contributed by atoms with E-state index >= 15 is 0 Å². The van der Waals surface area contributed by atoms with Gasteiger partial charge in [0.2, 0.25) is 0 Å². The van der Waals surface area contributed by atoms with Crippen LogP contribution in [0.5, 0.6) is 11.5 Å². The average molecular weight is 527 g/mol. The van der Waals surface area contributed by atoms with E-state index in [0.29, 0.717) is 38.4 Å². The Hall–Kier alpha value is -2.77. The molecule has 2 heterocycles. The van der Waals surface area contributed by atoms with E-state index in [9.17, 15) is 4.79 Å². The number of carbonyl (C=O) groups excluding carboxylic acids is 1. The van der Waals surface area contributed by atoms with Crippen molar-refractivity contribution in [3.8, 4) is 11.5 Å². The van der Waals surface area contributed by atoms with Gasteiger partial charge in [-0.2, -0.15) is 0 Å². The Morgan fingerprint density at radius 3 is 2.48 bits per heavy atom. The van der Waals surface area contributed by atoms with Gasteiger partial charge in [-0.05, 0) is 71.6 Å². The molecule has 0 aliphatic heterocycles. The van der Waals surface area contributed by atoms with E-state index in [2.05, 4.69) is 44.0 Å². The number of benzene rings is 2. The van der Waals surface area contributed by atoms with Gasteiger partial charge >= 0.3 is 0 Å². The molecule has 0 aliphatic carbocycles. The van der Waals surface area contributed by atoms with Crippen molar-refractivity contribution in [2.75, 3.05) is 19.8 Å². The molecule has 5 nitrogen and oxygen atoms in total. The molecule has 1 N–H and O–H groups in total. The number of nitrogens with one attached hydrogen (secondary N) is 1. The van der Waals surface area contributed by atoms with Crippen LogP contribution in [0, 0.1) is 0 Å². The van der Waals surface area contributed by atoms with E-state index in [1.165, 1.54) is 0 Å². The van der Waals surface area contributed by atoms with Crippen molar-refractivity contribution in [1.29, 1.82) is 0 Å². The third kappa shape index (κ3) is 5.60. The second-order valence-corrected chi connectivity index (χ2v) is 10.0. The van der Waals surface area contributed by atoms with Gasteiger partial charge in [0.05, 0.1) is 27.2 Å². The van der Waals surface area contributed by atoms with Gasteiger partial charge in [-0.25, -0.2) is 0 Å². The summed E-state index contributed by atoms with van der Waals surface area (Å²) in [6.45, 7) is 6.25. The van der Waals surface area contributed by atoms with E-state index in [-0.39, 0.29) is 5.91 Å². The summed E-state index contributed by atoms with van der Waals surface area (Å²) in [4.78, 5) is 13.1. The molecule has 0 atom stereocenters. The Balaban J connectivity index is 1.47. The van der Waals surface area contributed by atoms with Crippen LogP contribution in [-0.2, 0) is 13.0 Å². The van der Waals surface area contributed by atoms with Crippen LogP contribution < -0.4 is 14.8 Å². The normalized spacial score (nSPS) is 11.0. The standard InChI is InChI=1S/C26H27BrN2O3S/c1-3-31-22-11-10-18(14-23(22)32-4-2)12-13-28-26(30)21-15-24-20(16-25(27)33-24)29(21)17-19-8-6-5-7-9-19/h5-11,14-16H,3-4,12-13,17H2,1-2H3,(H,28,30). The second kappa shape index (κ2) is 10.9. The zero-order valence-electron chi connectivity index (χ0n) is 18.8. The number of amides is 1. The van der Waals surface area contributed by atoms with Crippen LogP contribution in [0.3, 0.4) is 0 Å². The lowest BCUT2D eigenvalue weighted by molar-refractivity contribution is 0.0946. The molecular formula is C26H27BrN2O3S. The molecule has 0 saturated carbocycles. The van der Waals surface area contributed by atoms with Crippen LogP contribution >= 0.6 is 27.3 Å². The first-order valence-electron chi connectivity index (χ1n) is 11.1. The molecule has 1 amide bonds. The van der Waals surface area contributed by atoms with Crippen molar-refractivity contribution in [2.24, 2.45) is 0 Å². The van der Waals surface area contributed by atoms with E-state index in [4.69, 9.17) is 9.47 Å². The molecule has 4 aromatic rings. The lowest BCUT2D eigenvalue weighted by atomic mass is 10.1. The highest BCUT2D eigenvalue weighted by Crippen LogP contribution is 2.33. The Labute approximate surface area is 206 Å². The predicted octanol–water partition coefficient (Wildman–Crippen LogP) is 6.28. The summed E-state index contributed by atoms with van der Waals surface area (Å²) < 4.78 is 15.6. The Morgan fingerprint density at radius 1 is 0.970 bits per heavy atom. The molecule has 0 spiro atoms. The first kappa shape index (κ1) is 23.4. The minimum Gasteiger partial charge on any atom is -0.490 e. The Bertz CT molecular complexity index is 1230. The number of aromatic nitrogens is 1. The molecule has 2 aromatic heterocycles. The fourth-order valence-corrected chi connectivity index (χ4v) is 5.36. The smallest absolute Gasteiger partial charge is 0.267 e. The number of hydrogen-bond donors (Lipinski definition) is 1. The molecule has 0 unspecified atom stereocenters. The highest BCUT2D eigenvalue weighted by Gasteiger charge is 2.18. The van der Waals surface area contributed by atoms with Gasteiger partial charge in [-0.1, -0.05) is 36.4 Å². The van der Waals surface area contributed by atoms with Crippen molar-refractivity contribution < 1.29 is 14.3 Å². The lowest BCUT2D eigenvalue weighted by Crippen LogP contribution is -2.28. The van der Waals surface area contributed by atoms with Crippen LogP contribution in [-0.4, -0.2) is 30.2 Å². The summed E-state index contributed by atoms with van der Waals surface area (Å²) in [7, 11) is 0. The minimum atomic E-state index is -0.0681. The van der Waals surface area contributed by atoms with Crippen molar-refractivity contribution in [1.82, 2.24) is 9.88 Å². The molecular weight excluding hydrogens is 500 g/mol. The highest BCUT2D eigenvalue weighted by atomic mass is 79.9. The third-order valence-electron chi connectivity index (χ3n) is 5.28. The van der Waals surface area contributed by atoms with Crippen molar-refractivity contribution in [3.05, 3.63) is 81.3 Å². The SMILES string of the molecule is CCOc1ccc(CCNC(=O)c2cc3sc(Br)cc3n2Cc2ccccc2)cc1OCC. The van der Waals surface area contributed by atoms with Gasteiger partial charge in [0.1, 0.15) is 5.69 Å². The van der Waals surface area contributed by atoms with Crippen molar-refractivity contribution >= 4 is 43.4 Å². The zero-order valence-corrected chi connectivity index (χ0v) is 21.2. The quantitative estimate of drug-likeness (QED) is 0.264. The molecule has 7 heteroatoms. The number of halogens is 1. The number of hydrogen-bond acceptors (Lipinski definition) is 4. The average Bonchev–Trinajstić information content (AvgIpc) is 3.33. The van der Waals surface area contributed by atoms with Gasteiger partial charge < -0.3 is 19.4 Å².